The highest BCUT2D eigenvalue weighted by Crippen LogP contribution is 2.30. The highest BCUT2D eigenvalue weighted by molar-refractivity contribution is 6.01. The molecule has 0 aromatic heterocycles. The minimum atomic E-state index is -0.578. The van der Waals surface area contributed by atoms with Crippen LogP contribution < -0.4 is 5.32 Å². The SMILES string of the molecule is CC(C)N(CC1CC1)C(=O)NC1CCC(=O)N(C)C1=O. The van der Waals surface area contributed by atoms with E-state index in [-0.39, 0.29) is 23.9 Å². The molecule has 1 heterocycles. The van der Waals surface area contributed by atoms with Gasteiger partial charge in [0, 0.05) is 26.1 Å². The van der Waals surface area contributed by atoms with Crippen molar-refractivity contribution < 1.29 is 14.4 Å². The molecule has 1 N–H and O–H groups in total. The van der Waals surface area contributed by atoms with Crippen molar-refractivity contribution in [2.24, 2.45) is 5.92 Å². The molecule has 1 aliphatic carbocycles. The molecule has 6 nitrogen and oxygen atoms in total. The summed E-state index contributed by atoms with van der Waals surface area (Å²) in [5.74, 6) is 0.110. The Balaban J connectivity index is 1.95. The zero-order valence-electron chi connectivity index (χ0n) is 12.4. The van der Waals surface area contributed by atoms with Crippen molar-refractivity contribution in [1.82, 2.24) is 15.1 Å². The number of amides is 4. The van der Waals surface area contributed by atoms with Gasteiger partial charge in [0.1, 0.15) is 6.04 Å². The second-order valence-corrected chi connectivity index (χ2v) is 6.02. The average Bonchev–Trinajstić information content (AvgIpc) is 3.20. The summed E-state index contributed by atoms with van der Waals surface area (Å²) in [4.78, 5) is 38.6. The number of piperidine rings is 1. The molecule has 20 heavy (non-hydrogen) atoms. The van der Waals surface area contributed by atoms with Crippen LogP contribution in [0.15, 0.2) is 0 Å². The summed E-state index contributed by atoms with van der Waals surface area (Å²) in [6.45, 7) is 4.69. The third-order valence-corrected chi connectivity index (χ3v) is 3.98. The number of nitrogens with zero attached hydrogens (tertiary/aromatic N) is 2. The van der Waals surface area contributed by atoms with E-state index in [9.17, 15) is 14.4 Å². The molecular formula is C14H23N3O3. The molecule has 1 atom stereocenters. The maximum Gasteiger partial charge on any atom is 0.318 e. The highest BCUT2D eigenvalue weighted by atomic mass is 16.2. The van der Waals surface area contributed by atoms with E-state index in [2.05, 4.69) is 5.32 Å². The van der Waals surface area contributed by atoms with Gasteiger partial charge in [0.05, 0.1) is 0 Å². The van der Waals surface area contributed by atoms with Crippen molar-refractivity contribution in [3.05, 3.63) is 0 Å². The van der Waals surface area contributed by atoms with Gasteiger partial charge in [-0.1, -0.05) is 0 Å². The third-order valence-electron chi connectivity index (χ3n) is 3.98. The van der Waals surface area contributed by atoms with Gasteiger partial charge in [-0.15, -0.1) is 0 Å². The number of likely N-dealkylation sites (N-methyl/N-ethyl adjacent to an activating group) is 1. The van der Waals surface area contributed by atoms with Gasteiger partial charge in [-0.2, -0.15) is 0 Å². The molecule has 0 bridgehead atoms. The summed E-state index contributed by atoms with van der Waals surface area (Å²) in [6, 6.07) is -0.674. The molecule has 2 aliphatic rings. The molecule has 1 unspecified atom stereocenters. The van der Waals surface area contributed by atoms with E-state index in [1.807, 2.05) is 13.8 Å². The molecule has 1 saturated carbocycles. The molecule has 4 amide bonds. The van der Waals surface area contributed by atoms with Crippen molar-refractivity contribution >= 4 is 17.8 Å². The van der Waals surface area contributed by atoms with Crippen LogP contribution in [0.2, 0.25) is 0 Å². The molecule has 112 valence electrons. The first-order valence-electron chi connectivity index (χ1n) is 7.27. The predicted octanol–water partition coefficient (Wildman–Crippen LogP) is 0.964. The van der Waals surface area contributed by atoms with E-state index in [0.29, 0.717) is 18.8 Å². The fraction of sp³-hybridized carbons (Fsp3) is 0.786. The molecule has 0 aromatic rings. The number of carbonyl (C=O) groups is 3. The normalized spacial score (nSPS) is 23.2. The number of carbonyl (C=O) groups excluding carboxylic acids is 3. The summed E-state index contributed by atoms with van der Waals surface area (Å²) < 4.78 is 0. The summed E-state index contributed by atoms with van der Waals surface area (Å²) in [5.41, 5.74) is 0. The van der Waals surface area contributed by atoms with Crippen LogP contribution in [-0.4, -0.2) is 53.3 Å². The number of imide groups is 1. The van der Waals surface area contributed by atoms with Crippen LogP contribution in [0.25, 0.3) is 0 Å². The monoisotopic (exact) mass is 281 g/mol. The average molecular weight is 281 g/mol. The molecule has 0 spiro atoms. The standard InChI is InChI=1S/C14H23N3O3/c1-9(2)17(8-10-4-5-10)14(20)15-11-6-7-12(18)16(3)13(11)19/h9-11H,4-8H2,1-3H3,(H,15,20). The largest absolute Gasteiger partial charge is 0.326 e. The predicted molar refractivity (Wildman–Crippen MR) is 73.9 cm³/mol. The lowest BCUT2D eigenvalue weighted by atomic mass is 10.0. The number of hydrogen-bond donors (Lipinski definition) is 1. The van der Waals surface area contributed by atoms with Gasteiger partial charge in [-0.25, -0.2) is 4.79 Å². The molecular weight excluding hydrogens is 258 g/mol. The summed E-state index contributed by atoms with van der Waals surface area (Å²) in [6.07, 6.45) is 3.05. The highest BCUT2D eigenvalue weighted by Gasteiger charge is 2.35. The van der Waals surface area contributed by atoms with Crippen molar-refractivity contribution in [3.8, 4) is 0 Å². The van der Waals surface area contributed by atoms with Gasteiger partial charge in [-0.3, -0.25) is 14.5 Å². The van der Waals surface area contributed by atoms with Crippen LogP contribution in [0, 0.1) is 5.92 Å². The number of nitrogens with one attached hydrogen (secondary N) is 1. The van der Waals surface area contributed by atoms with Crippen molar-refractivity contribution in [2.45, 2.75) is 51.6 Å². The Morgan fingerprint density at radius 2 is 2.00 bits per heavy atom. The van der Waals surface area contributed by atoms with E-state index < -0.39 is 6.04 Å². The van der Waals surface area contributed by atoms with Gasteiger partial charge in [0.15, 0.2) is 0 Å². The molecule has 1 saturated heterocycles. The Labute approximate surface area is 119 Å². The summed E-state index contributed by atoms with van der Waals surface area (Å²) >= 11 is 0. The molecule has 0 aromatic carbocycles. The first-order chi connectivity index (χ1) is 9.40. The van der Waals surface area contributed by atoms with Crippen molar-refractivity contribution in [3.63, 3.8) is 0 Å². The Bertz CT molecular complexity index is 418. The zero-order chi connectivity index (χ0) is 14.9. The first-order valence-corrected chi connectivity index (χ1v) is 7.27. The number of rotatable bonds is 4. The number of urea groups is 1. The first kappa shape index (κ1) is 14.8. The van der Waals surface area contributed by atoms with Crippen LogP contribution >= 0.6 is 0 Å². The maximum atomic E-state index is 12.3. The molecule has 2 fully saturated rings. The summed E-state index contributed by atoms with van der Waals surface area (Å²) in [5, 5.41) is 2.78. The van der Waals surface area contributed by atoms with Crippen LogP contribution in [-0.2, 0) is 9.59 Å². The van der Waals surface area contributed by atoms with Gasteiger partial charge in [-0.05, 0) is 39.0 Å². The lowest BCUT2D eigenvalue weighted by molar-refractivity contribution is -0.147. The van der Waals surface area contributed by atoms with Crippen molar-refractivity contribution in [2.75, 3.05) is 13.6 Å². The number of hydrogen-bond acceptors (Lipinski definition) is 3. The lowest BCUT2D eigenvalue weighted by Crippen LogP contribution is -2.56. The quantitative estimate of drug-likeness (QED) is 0.780. The molecule has 2 rings (SSSR count). The minimum absolute atomic E-state index is 0.105. The fourth-order valence-electron chi connectivity index (χ4n) is 2.39. The van der Waals surface area contributed by atoms with Crippen LogP contribution in [0.1, 0.15) is 39.5 Å². The fourth-order valence-corrected chi connectivity index (χ4v) is 2.39. The topological polar surface area (TPSA) is 69.7 Å². The second kappa shape index (κ2) is 5.81. The van der Waals surface area contributed by atoms with Crippen LogP contribution in [0.3, 0.4) is 0 Å². The molecule has 6 heteroatoms. The van der Waals surface area contributed by atoms with Gasteiger partial charge in [0.2, 0.25) is 5.91 Å². The van der Waals surface area contributed by atoms with Crippen LogP contribution in [0.4, 0.5) is 4.79 Å². The minimum Gasteiger partial charge on any atom is -0.326 e. The smallest absolute Gasteiger partial charge is 0.318 e. The van der Waals surface area contributed by atoms with E-state index in [1.54, 1.807) is 4.90 Å². The second-order valence-electron chi connectivity index (χ2n) is 6.02. The van der Waals surface area contributed by atoms with Gasteiger partial charge in [0.25, 0.3) is 5.91 Å². The Kier molecular flexibility index (Phi) is 4.30. The molecule has 1 aliphatic heterocycles. The molecule has 0 radical (unpaired) electrons. The Morgan fingerprint density at radius 3 is 2.55 bits per heavy atom. The summed E-state index contributed by atoms with van der Waals surface area (Å²) in [7, 11) is 1.47. The van der Waals surface area contributed by atoms with Gasteiger partial charge < -0.3 is 10.2 Å². The maximum absolute atomic E-state index is 12.3. The van der Waals surface area contributed by atoms with Gasteiger partial charge >= 0.3 is 6.03 Å². The number of likely N-dealkylation sites (tertiary alicyclic amines) is 1. The Morgan fingerprint density at radius 1 is 1.35 bits per heavy atom. The third kappa shape index (κ3) is 3.29. The van der Waals surface area contributed by atoms with E-state index in [0.717, 1.165) is 11.4 Å². The Hall–Kier alpha value is -1.59. The van der Waals surface area contributed by atoms with Crippen molar-refractivity contribution in [1.29, 1.82) is 0 Å². The lowest BCUT2D eigenvalue weighted by Gasteiger charge is -2.32. The zero-order valence-corrected chi connectivity index (χ0v) is 12.4. The van der Waals surface area contributed by atoms with Crippen LogP contribution in [0.5, 0.6) is 0 Å². The van der Waals surface area contributed by atoms with E-state index in [4.69, 9.17) is 0 Å². The van der Waals surface area contributed by atoms with E-state index in [1.165, 1.54) is 19.9 Å². The van der Waals surface area contributed by atoms with E-state index >= 15 is 0 Å².